The van der Waals surface area contributed by atoms with Crippen LogP contribution in [0.4, 0.5) is 17.8 Å². The first-order chi connectivity index (χ1) is 35.3. The molecule has 0 radical (unpaired) electrons. The molecule has 18 nitrogen and oxygen atoms in total. The van der Waals surface area contributed by atoms with Gasteiger partial charge in [0.1, 0.15) is 37.1 Å². The quantitative estimate of drug-likeness (QED) is 0.0163. The molecular weight excluding hydrogens is 961 g/mol. The molecule has 0 atom stereocenters. The van der Waals surface area contributed by atoms with Crippen LogP contribution in [-0.4, -0.2) is 127 Å². The number of phenolic OH excluding ortho intramolecular Hbond substituents is 3. The summed E-state index contributed by atoms with van der Waals surface area (Å²) in [7, 11) is 0. The molecule has 0 aliphatic heterocycles. The lowest BCUT2D eigenvalue weighted by atomic mass is 9.83. The molecule has 4 aromatic rings. The van der Waals surface area contributed by atoms with Gasteiger partial charge < -0.3 is 59.7 Å². The standard InChI is InChI=1S/C57H84N6O12/c1-37-31-40(34-43(49(37)67)55(4,5)6)13-16-46(64)73-28-25-70-22-19-58-52-61-53(59-20-23-71-26-29-74-47(65)17-14-41-32-38(2)50(68)44(35-41)56(7,8)9)63-54(62-52)60-21-24-72-27-30-75-48(66)18-15-42-33-39(3)51(69)45(36-42)57(10,11)12/h31-36,67-69H,13-30H2,1-12H3,(H3,58,59,60,61,62,63). The summed E-state index contributed by atoms with van der Waals surface area (Å²) >= 11 is 0. The molecule has 75 heavy (non-hydrogen) atoms. The Bertz CT molecular complexity index is 2210. The van der Waals surface area contributed by atoms with Crippen LogP contribution in [0.2, 0.25) is 0 Å². The normalized spacial score (nSPS) is 11.8. The van der Waals surface area contributed by atoms with E-state index < -0.39 is 0 Å². The molecule has 1 aromatic heterocycles. The first-order valence-corrected chi connectivity index (χ1v) is 26.0. The van der Waals surface area contributed by atoms with Crippen LogP contribution >= 0.6 is 0 Å². The zero-order chi connectivity index (χ0) is 55.3. The van der Waals surface area contributed by atoms with Crippen molar-refractivity contribution in [3.05, 3.63) is 86.5 Å². The van der Waals surface area contributed by atoms with Crippen molar-refractivity contribution in [2.24, 2.45) is 0 Å². The third kappa shape index (κ3) is 21.5. The summed E-state index contributed by atoms with van der Waals surface area (Å²) in [6, 6.07) is 11.5. The Morgan fingerprint density at radius 3 is 0.907 bits per heavy atom. The summed E-state index contributed by atoms with van der Waals surface area (Å²) in [6.07, 6.45) is 2.09. The van der Waals surface area contributed by atoms with Crippen molar-refractivity contribution in [2.75, 3.05) is 95.0 Å². The number of esters is 3. The highest BCUT2D eigenvalue weighted by Gasteiger charge is 2.23. The van der Waals surface area contributed by atoms with Crippen LogP contribution in [-0.2, 0) is 78.3 Å². The van der Waals surface area contributed by atoms with Crippen LogP contribution in [0.1, 0.15) is 132 Å². The van der Waals surface area contributed by atoms with Gasteiger partial charge in [-0.15, -0.1) is 0 Å². The van der Waals surface area contributed by atoms with Crippen molar-refractivity contribution in [1.82, 2.24) is 15.0 Å². The van der Waals surface area contributed by atoms with Crippen LogP contribution in [0.25, 0.3) is 0 Å². The molecule has 0 aliphatic carbocycles. The number of carbonyl (C=O) groups is 3. The highest BCUT2D eigenvalue weighted by molar-refractivity contribution is 5.70. The van der Waals surface area contributed by atoms with Crippen molar-refractivity contribution in [2.45, 2.75) is 138 Å². The molecule has 0 spiro atoms. The largest absolute Gasteiger partial charge is 0.507 e. The SMILES string of the molecule is Cc1cc(CCC(=O)OCCOCCNc2nc(NCCOCCOC(=O)CCc3cc(C)c(O)c(C(C)(C)C)c3)nc(NCCOCCOC(=O)CCc3cc(C)c(O)c(C(C)(C)C)c3)n2)cc(C(C)(C)C)c1O. The number of nitrogens with zero attached hydrogens (tertiary/aromatic N) is 3. The summed E-state index contributed by atoms with van der Waals surface area (Å²) in [6.45, 7) is 26.7. The van der Waals surface area contributed by atoms with Gasteiger partial charge in [-0.2, -0.15) is 15.0 Å². The van der Waals surface area contributed by atoms with E-state index in [1.807, 2.05) is 119 Å². The van der Waals surface area contributed by atoms with Gasteiger partial charge in [-0.1, -0.05) is 98.7 Å². The highest BCUT2D eigenvalue weighted by Crippen LogP contribution is 2.37. The number of rotatable bonds is 30. The first-order valence-electron chi connectivity index (χ1n) is 26.0. The van der Waals surface area contributed by atoms with E-state index in [-0.39, 0.29) is 148 Å². The number of aromatic hydroxyl groups is 3. The predicted molar refractivity (Wildman–Crippen MR) is 290 cm³/mol. The van der Waals surface area contributed by atoms with Crippen molar-refractivity contribution >= 4 is 35.8 Å². The molecule has 0 unspecified atom stereocenters. The first kappa shape index (κ1) is 61.3. The number of anilines is 3. The molecule has 3 aromatic carbocycles. The predicted octanol–water partition coefficient (Wildman–Crippen LogP) is 8.62. The minimum atomic E-state index is -0.335. The van der Waals surface area contributed by atoms with Crippen LogP contribution < -0.4 is 16.0 Å². The smallest absolute Gasteiger partial charge is 0.306 e. The second-order valence-corrected chi connectivity index (χ2v) is 21.8. The minimum Gasteiger partial charge on any atom is -0.507 e. The van der Waals surface area contributed by atoms with Gasteiger partial charge in [-0.05, 0) is 106 Å². The summed E-state index contributed by atoms with van der Waals surface area (Å²) in [5.41, 5.74) is 7.04. The second kappa shape index (κ2) is 29.2. The van der Waals surface area contributed by atoms with E-state index >= 15 is 0 Å². The lowest BCUT2D eigenvalue weighted by molar-refractivity contribution is -0.146. The topological polar surface area (TPSA) is 242 Å². The fourth-order valence-electron chi connectivity index (χ4n) is 7.93. The van der Waals surface area contributed by atoms with Crippen LogP contribution in [0.3, 0.4) is 0 Å². The second-order valence-electron chi connectivity index (χ2n) is 21.8. The van der Waals surface area contributed by atoms with E-state index in [2.05, 4.69) is 30.9 Å². The third-order valence-corrected chi connectivity index (χ3v) is 12.1. The van der Waals surface area contributed by atoms with E-state index in [0.717, 1.165) is 50.1 Å². The molecular formula is C57H84N6O12. The number of hydrogen-bond donors (Lipinski definition) is 6. The minimum absolute atomic E-state index is 0.0994. The van der Waals surface area contributed by atoms with Crippen molar-refractivity contribution in [3.8, 4) is 17.2 Å². The lowest BCUT2D eigenvalue weighted by Gasteiger charge is -2.22. The molecule has 0 bridgehead atoms. The summed E-state index contributed by atoms with van der Waals surface area (Å²) in [4.78, 5) is 51.0. The number of benzene rings is 3. The summed E-state index contributed by atoms with van der Waals surface area (Å²) in [5.74, 6) is 0.678. The van der Waals surface area contributed by atoms with Gasteiger partial charge in [-0.3, -0.25) is 14.4 Å². The molecule has 0 saturated heterocycles. The molecule has 0 fully saturated rings. The molecule has 4 rings (SSSR count). The van der Waals surface area contributed by atoms with Crippen molar-refractivity contribution < 1.29 is 58.1 Å². The fraction of sp³-hybridized carbons (Fsp3) is 0.579. The van der Waals surface area contributed by atoms with Crippen LogP contribution in [0.15, 0.2) is 36.4 Å². The monoisotopic (exact) mass is 1040 g/mol. The number of aromatic nitrogens is 3. The maximum Gasteiger partial charge on any atom is 0.306 e. The van der Waals surface area contributed by atoms with E-state index in [9.17, 15) is 29.7 Å². The van der Waals surface area contributed by atoms with Crippen molar-refractivity contribution in [3.63, 3.8) is 0 Å². The Balaban J connectivity index is 1.19. The number of ether oxygens (including phenoxy) is 6. The molecule has 0 aliphatic rings. The fourth-order valence-corrected chi connectivity index (χ4v) is 7.93. The highest BCUT2D eigenvalue weighted by atomic mass is 16.6. The molecule has 0 saturated carbocycles. The Morgan fingerprint density at radius 2 is 0.667 bits per heavy atom. The average Bonchev–Trinajstić information content (AvgIpc) is 3.32. The Labute approximate surface area is 444 Å². The number of nitrogens with one attached hydrogen (secondary N) is 3. The number of carbonyl (C=O) groups excluding carboxylic acids is 3. The van der Waals surface area contributed by atoms with Crippen molar-refractivity contribution in [1.29, 1.82) is 0 Å². The Hall–Kier alpha value is -6.24. The maximum absolute atomic E-state index is 12.5. The van der Waals surface area contributed by atoms with E-state index in [1.54, 1.807) is 0 Å². The number of phenols is 3. The van der Waals surface area contributed by atoms with Gasteiger partial charge in [0.05, 0.1) is 39.6 Å². The molecule has 6 N–H and O–H groups in total. The molecule has 414 valence electrons. The number of hydrogen-bond acceptors (Lipinski definition) is 18. The van der Waals surface area contributed by atoms with Gasteiger partial charge in [0.2, 0.25) is 17.8 Å². The van der Waals surface area contributed by atoms with E-state index in [0.29, 0.717) is 38.9 Å². The summed E-state index contributed by atoms with van der Waals surface area (Å²) in [5, 5.41) is 41.0. The van der Waals surface area contributed by atoms with Gasteiger partial charge in [-0.25, -0.2) is 0 Å². The average molecular weight is 1050 g/mol. The van der Waals surface area contributed by atoms with E-state index in [4.69, 9.17) is 28.4 Å². The van der Waals surface area contributed by atoms with Crippen LogP contribution in [0, 0.1) is 20.8 Å². The maximum atomic E-state index is 12.5. The zero-order valence-electron chi connectivity index (χ0n) is 46.5. The molecule has 18 heteroatoms. The zero-order valence-corrected chi connectivity index (χ0v) is 46.5. The van der Waals surface area contributed by atoms with E-state index in [1.165, 1.54) is 0 Å². The van der Waals surface area contributed by atoms with Crippen LogP contribution in [0.5, 0.6) is 17.2 Å². The third-order valence-electron chi connectivity index (χ3n) is 12.1. The van der Waals surface area contributed by atoms with Gasteiger partial charge in [0, 0.05) is 38.9 Å². The molecule has 0 amide bonds. The number of aryl methyl sites for hydroxylation is 6. The lowest BCUT2D eigenvalue weighted by Crippen LogP contribution is -2.20. The Kier molecular flexibility index (Phi) is 23.8. The van der Waals surface area contributed by atoms with Gasteiger partial charge >= 0.3 is 17.9 Å². The summed E-state index contributed by atoms with van der Waals surface area (Å²) < 4.78 is 33.3. The molecule has 1 heterocycles. The Morgan fingerprint density at radius 1 is 0.413 bits per heavy atom. The van der Waals surface area contributed by atoms with Gasteiger partial charge in [0.15, 0.2) is 0 Å². The van der Waals surface area contributed by atoms with Gasteiger partial charge in [0.25, 0.3) is 0 Å².